The molecule has 124 valence electrons. The van der Waals surface area contributed by atoms with Gasteiger partial charge < -0.3 is 20.1 Å². The Morgan fingerprint density at radius 3 is 2.41 bits per heavy atom. The van der Waals surface area contributed by atoms with Crippen LogP contribution in [0.1, 0.15) is 37.6 Å². The maximum atomic E-state index is 11.9. The number of ether oxygens (including phenoxy) is 1. The number of anilines is 1. The number of hydrogen-bond acceptors (Lipinski definition) is 5. The summed E-state index contributed by atoms with van der Waals surface area (Å²) in [5.41, 5.74) is 1.48. The van der Waals surface area contributed by atoms with Gasteiger partial charge in [0, 0.05) is 18.8 Å². The third kappa shape index (κ3) is 6.45. The van der Waals surface area contributed by atoms with Crippen LogP contribution >= 0.6 is 0 Å². The molecule has 1 aromatic rings. The second-order valence-corrected chi connectivity index (χ2v) is 5.24. The van der Waals surface area contributed by atoms with Gasteiger partial charge in [-0.25, -0.2) is 4.79 Å². The number of aliphatic hydroxyl groups excluding tert-OH is 1. The van der Waals surface area contributed by atoms with Crippen LogP contribution in [0.5, 0.6) is 0 Å². The molecule has 0 heterocycles. The molecule has 1 rings (SSSR count). The van der Waals surface area contributed by atoms with Crippen LogP contribution in [-0.4, -0.2) is 54.9 Å². The highest BCUT2D eigenvalue weighted by atomic mass is 16.5. The third-order valence-corrected chi connectivity index (χ3v) is 3.47. The van der Waals surface area contributed by atoms with Crippen molar-refractivity contribution in [3.05, 3.63) is 29.8 Å². The van der Waals surface area contributed by atoms with Crippen molar-refractivity contribution < 1.29 is 14.6 Å². The summed E-state index contributed by atoms with van der Waals surface area (Å²) in [5.74, 6) is -0.402. The standard InChI is InChI=1S/C17H28N2O3/c1-4-11-18-15-9-7-14(8-10-15)17(21)22-13-16(20)12-19(5-2)6-3/h7-10,16,18,20H,4-6,11-13H2,1-3H3. The van der Waals surface area contributed by atoms with E-state index < -0.39 is 12.1 Å². The van der Waals surface area contributed by atoms with E-state index in [0.717, 1.165) is 31.7 Å². The van der Waals surface area contributed by atoms with E-state index >= 15 is 0 Å². The second-order valence-electron chi connectivity index (χ2n) is 5.24. The van der Waals surface area contributed by atoms with Crippen LogP contribution in [0.2, 0.25) is 0 Å². The van der Waals surface area contributed by atoms with E-state index in [1.807, 2.05) is 26.0 Å². The number of nitrogens with one attached hydrogen (secondary N) is 1. The summed E-state index contributed by atoms with van der Waals surface area (Å²) in [6, 6.07) is 7.19. The van der Waals surface area contributed by atoms with Gasteiger partial charge in [0.15, 0.2) is 0 Å². The Morgan fingerprint density at radius 1 is 1.23 bits per heavy atom. The van der Waals surface area contributed by atoms with Crippen molar-refractivity contribution in [2.75, 3.05) is 38.1 Å². The number of carbonyl (C=O) groups excluding carboxylic acids is 1. The molecule has 1 aromatic carbocycles. The van der Waals surface area contributed by atoms with Crippen LogP contribution in [0, 0.1) is 0 Å². The first-order valence-electron chi connectivity index (χ1n) is 8.02. The molecular weight excluding hydrogens is 280 g/mol. The van der Waals surface area contributed by atoms with E-state index in [-0.39, 0.29) is 6.61 Å². The van der Waals surface area contributed by atoms with Crippen molar-refractivity contribution in [2.24, 2.45) is 0 Å². The number of rotatable bonds is 10. The molecule has 1 atom stereocenters. The van der Waals surface area contributed by atoms with E-state index in [1.54, 1.807) is 12.1 Å². The molecule has 0 aromatic heterocycles. The molecule has 0 aliphatic rings. The molecule has 0 aliphatic carbocycles. The van der Waals surface area contributed by atoms with Crippen molar-refractivity contribution >= 4 is 11.7 Å². The Hall–Kier alpha value is -1.59. The molecule has 22 heavy (non-hydrogen) atoms. The molecule has 0 fully saturated rings. The normalized spacial score (nSPS) is 12.2. The summed E-state index contributed by atoms with van der Waals surface area (Å²) >= 11 is 0. The van der Waals surface area contributed by atoms with Gasteiger partial charge in [-0.15, -0.1) is 0 Å². The third-order valence-electron chi connectivity index (χ3n) is 3.47. The number of esters is 1. The Labute approximate surface area is 133 Å². The summed E-state index contributed by atoms with van der Waals surface area (Å²) in [6.07, 6.45) is 0.392. The number of benzene rings is 1. The first-order chi connectivity index (χ1) is 10.6. The SMILES string of the molecule is CCCNc1ccc(C(=O)OCC(O)CN(CC)CC)cc1. The smallest absolute Gasteiger partial charge is 0.338 e. The average Bonchev–Trinajstić information content (AvgIpc) is 2.56. The van der Waals surface area contributed by atoms with E-state index in [0.29, 0.717) is 12.1 Å². The Kier molecular flexibility index (Phi) is 8.55. The average molecular weight is 308 g/mol. The molecule has 0 saturated carbocycles. The molecule has 0 spiro atoms. The molecule has 1 unspecified atom stereocenters. The highest BCUT2D eigenvalue weighted by Crippen LogP contribution is 2.10. The predicted octanol–water partition coefficient (Wildman–Crippen LogP) is 2.37. The van der Waals surface area contributed by atoms with Crippen molar-refractivity contribution in [1.82, 2.24) is 4.90 Å². The van der Waals surface area contributed by atoms with Gasteiger partial charge >= 0.3 is 5.97 Å². The molecule has 5 nitrogen and oxygen atoms in total. The lowest BCUT2D eigenvalue weighted by atomic mass is 10.2. The minimum atomic E-state index is -0.658. The Morgan fingerprint density at radius 2 is 1.86 bits per heavy atom. The topological polar surface area (TPSA) is 61.8 Å². The fraction of sp³-hybridized carbons (Fsp3) is 0.588. The van der Waals surface area contributed by atoms with Gasteiger partial charge in [-0.3, -0.25) is 0 Å². The zero-order valence-corrected chi connectivity index (χ0v) is 13.8. The fourth-order valence-corrected chi connectivity index (χ4v) is 2.08. The number of hydrogen-bond donors (Lipinski definition) is 2. The highest BCUT2D eigenvalue weighted by Gasteiger charge is 2.13. The molecular formula is C17H28N2O3. The van der Waals surface area contributed by atoms with Crippen molar-refractivity contribution in [1.29, 1.82) is 0 Å². The van der Waals surface area contributed by atoms with Gasteiger partial charge in [0.25, 0.3) is 0 Å². The summed E-state index contributed by atoms with van der Waals surface area (Å²) < 4.78 is 5.16. The van der Waals surface area contributed by atoms with Gasteiger partial charge in [-0.05, 0) is 43.8 Å². The zero-order valence-electron chi connectivity index (χ0n) is 13.8. The molecule has 0 amide bonds. The van der Waals surface area contributed by atoms with Crippen LogP contribution < -0.4 is 5.32 Å². The lowest BCUT2D eigenvalue weighted by Gasteiger charge is -2.21. The van der Waals surface area contributed by atoms with Crippen molar-refractivity contribution in [2.45, 2.75) is 33.3 Å². The minimum Gasteiger partial charge on any atom is -0.459 e. The monoisotopic (exact) mass is 308 g/mol. The van der Waals surface area contributed by atoms with Crippen LogP contribution in [0.4, 0.5) is 5.69 Å². The zero-order chi connectivity index (χ0) is 16.4. The first-order valence-corrected chi connectivity index (χ1v) is 8.02. The summed E-state index contributed by atoms with van der Waals surface area (Å²) in [7, 11) is 0. The lowest BCUT2D eigenvalue weighted by molar-refractivity contribution is 0.0167. The highest BCUT2D eigenvalue weighted by molar-refractivity contribution is 5.89. The quantitative estimate of drug-likeness (QED) is 0.650. The van der Waals surface area contributed by atoms with E-state index in [9.17, 15) is 9.90 Å². The predicted molar refractivity (Wildman–Crippen MR) is 89.3 cm³/mol. The molecule has 0 bridgehead atoms. The van der Waals surface area contributed by atoms with Gasteiger partial charge in [-0.2, -0.15) is 0 Å². The second kappa shape index (κ2) is 10.2. The van der Waals surface area contributed by atoms with Crippen LogP contribution in [0.15, 0.2) is 24.3 Å². The number of aliphatic hydroxyl groups is 1. The molecule has 0 aliphatic heterocycles. The number of nitrogens with zero attached hydrogens (tertiary/aromatic N) is 1. The fourth-order valence-electron chi connectivity index (χ4n) is 2.08. The summed E-state index contributed by atoms with van der Waals surface area (Å²) in [6.45, 7) is 9.35. The number of carbonyl (C=O) groups is 1. The van der Waals surface area contributed by atoms with Crippen LogP contribution in [-0.2, 0) is 4.74 Å². The lowest BCUT2D eigenvalue weighted by Crippen LogP contribution is -2.35. The maximum Gasteiger partial charge on any atom is 0.338 e. The molecule has 0 saturated heterocycles. The molecule has 0 radical (unpaired) electrons. The Balaban J connectivity index is 2.41. The van der Waals surface area contributed by atoms with Crippen LogP contribution in [0.25, 0.3) is 0 Å². The van der Waals surface area contributed by atoms with Gasteiger partial charge in [0.2, 0.25) is 0 Å². The van der Waals surface area contributed by atoms with E-state index in [4.69, 9.17) is 4.74 Å². The van der Waals surface area contributed by atoms with E-state index in [2.05, 4.69) is 17.1 Å². The summed E-state index contributed by atoms with van der Waals surface area (Å²) in [4.78, 5) is 14.0. The van der Waals surface area contributed by atoms with Crippen molar-refractivity contribution in [3.63, 3.8) is 0 Å². The number of likely N-dealkylation sites (N-methyl/N-ethyl adjacent to an activating group) is 1. The van der Waals surface area contributed by atoms with E-state index in [1.165, 1.54) is 0 Å². The van der Waals surface area contributed by atoms with Gasteiger partial charge in [0.1, 0.15) is 12.7 Å². The first kappa shape index (κ1) is 18.5. The summed E-state index contributed by atoms with van der Waals surface area (Å²) in [5, 5.41) is 13.1. The van der Waals surface area contributed by atoms with Crippen LogP contribution in [0.3, 0.4) is 0 Å². The van der Waals surface area contributed by atoms with Gasteiger partial charge in [-0.1, -0.05) is 20.8 Å². The molecule has 5 heteroatoms. The van der Waals surface area contributed by atoms with Crippen molar-refractivity contribution in [3.8, 4) is 0 Å². The minimum absolute atomic E-state index is 0.0190. The molecule has 2 N–H and O–H groups in total. The van der Waals surface area contributed by atoms with Gasteiger partial charge in [0.05, 0.1) is 5.56 Å². The maximum absolute atomic E-state index is 11.9. The Bertz CT molecular complexity index is 430. The largest absolute Gasteiger partial charge is 0.459 e.